The molecular formula is C24H30N4O3. The lowest BCUT2D eigenvalue weighted by atomic mass is 10.0. The molecule has 2 aliphatic rings. The molecule has 1 fully saturated rings. The van der Waals surface area contributed by atoms with Gasteiger partial charge in [0.25, 0.3) is 5.91 Å². The largest absolute Gasteiger partial charge is 0.495 e. The average Bonchev–Trinajstić information content (AvgIpc) is 3.07. The van der Waals surface area contributed by atoms with Crippen LogP contribution in [0.4, 0.5) is 5.69 Å². The fourth-order valence-electron chi connectivity index (χ4n) is 4.26. The van der Waals surface area contributed by atoms with E-state index in [0.717, 1.165) is 50.5 Å². The smallest absolute Gasteiger partial charge is 0.251 e. The van der Waals surface area contributed by atoms with Crippen molar-refractivity contribution in [3.63, 3.8) is 0 Å². The minimum absolute atomic E-state index is 0.0167. The van der Waals surface area contributed by atoms with Crippen molar-refractivity contribution in [3.8, 4) is 5.75 Å². The summed E-state index contributed by atoms with van der Waals surface area (Å²) in [6.45, 7) is 4.51. The Labute approximate surface area is 183 Å². The van der Waals surface area contributed by atoms with Gasteiger partial charge in [-0.25, -0.2) is 0 Å². The molecule has 2 aliphatic heterocycles. The number of ether oxygens (including phenoxy) is 1. The Morgan fingerprint density at radius 3 is 2.68 bits per heavy atom. The summed E-state index contributed by atoms with van der Waals surface area (Å²) in [4.78, 5) is 29.3. The van der Waals surface area contributed by atoms with Gasteiger partial charge >= 0.3 is 0 Å². The number of amides is 2. The van der Waals surface area contributed by atoms with Gasteiger partial charge in [0.05, 0.1) is 19.3 Å². The second kappa shape index (κ2) is 9.83. The van der Waals surface area contributed by atoms with E-state index in [2.05, 4.69) is 15.5 Å². The van der Waals surface area contributed by atoms with Crippen molar-refractivity contribution in [1.29, 1.82) is 0 Å². The van der Waals surface area contributed by atoms with Crippen LogP contribution in [0.2, 0.25) is 0 Å². The average molecular weight is 423 g/mol. The molecule has 0 spiro atoms. The van der Waals surface area contributed by atoms with Gasteiger partial charge < -0.3 is 25.2 Å². The zero-order chi connectivity index (χ0) is 21.6. The maximum absolute atomic E-state index is 12.6. The number of rotatable bonds is 5. The molecule has 4 rings (SSSR count). The number of anilines is 1. The number of piperazine rings is 1. The van der Waals surface area contributed by atoms with Gasteiger partial charge in [-0.1, -0.05) is 18.2 Å². The third kappa shape index (κ3) is 4.99. The molecule has 0 atom stereocenters. The lowest BCUT2D eigenvalue weighted by Gasteiger charge is -2.36. The number of nitrogens with one attached hydrogen (secondary N) is 2. The van der Waals surface area contributed by atoms with E-state index in [1.165, 1.54) is 11.1 Å². The number of para-hydroxylation sites is 2. The summed E-state index contributed by atoms with van der Waals surface area (Å²) in [6, 6.07) is 13.8. The number of aryl methyl sites for hydroxylation is 1. The van der Waals surface area contributed by atoms with Crippen molar-refractivity contribution in [2.45, 2.75) is 19.4 Å². The number of methoxy groups -OCH3 is 1. The lowest BCUT2D eigenvalue weighted by Crippen LogP contribution is -2.51. The highest BCUT2D eigenvalue weighted by Gasteiger charge is 2.23. The normalized spacial score (nSPS) is 16.3. The minimum atomic E-state index is -0.201. The van der Waals surface area contributed by atoms with Crippen LogP contribution in [-0.2, 0) is 17.8 Å². The van der Waals surface area contributed by atoms with Crippen molar-refractivity contribution in [2.24, 2.45) is 0 Å². The van der Waals surface area contributed by atoms with Crippen molar-refractivity contribution in [3.05, 3.63) is 59.2 Å². The highest BCUT2D eigenvalue weighted by atomic mass is 16.5. The van der Waals surface area contributed by atoms with Crippen LogP contribution >= 0.6 is 0 Å². The molecule has 164 valence electrons. The van der Waals surface area contributed by atoms with Crippen molar-refractivity contribution < 1.29 is 14.3 Å². The van der Waals surface area contributed by atoms with Gasteiger partial charge in [-0.15, -0.1) is 0 Å². The number of nitrogens with zero attached hydrogens (tertiary/aromatic N) is 2. The second-order valence-corrected chi connectivity index (χ2v) is 7.99. The summed E-state index contributed by atoms with van der Waals surface area (Å²) in [5.74, 6) is 0.586. The summed E-state index contributed by atoms with van der Waals surface area (Å²) in [5.41, 5.74) is 4.12. The van der Waals surface area contributed by atoms with Crippen LogP contribution in [0.3, 0.4) is 0 Å². The number of hydrogen-bond acceptors (Lipinski definition) is 5. The molecule has 0 aromatic heterocycles. The van der Waals surface area contributed by atoms with Crippen LogP contribution in [0.5, 0.6) is 5.75 Å². The summed E-state index contributed by atoms with van der Waals surface area (Å²) in [5, 5.41) is 6.18. The molecule has 2 N–H and O–H groups in total. The Morgan fingerprint density at radius 1 is 1.06 bits per heavy atom. The molecule has 2 amide bonds. The SMILES string of the molecule is COc1ccccc1N1CCN(C(=O)CNC(=O)c2ccc3c(c2)CNCCC3)CC1. The van der Waals surface area contributed by atoms with E-state index in [4.69, 9.17) is 4.74 Å². The summed E-state index contributed by atoms with van der Waals surface area (Å²) >= 11 is 0. The predicted molar refractivity (Wildman–Crippen MR) is 121 cm³/mol. The molecule has 0 radical (unpaired) electrons. The highest BCUT2D eigenvalue weighted by molar-refractivity contribution is 5.96. The van der Waals surface area contributed by atoms with E-state index in [1.54, 1.807) is 7.11 Å². The van der Waals surface area contributed by atoms with Crippen LogP contribution in [0.15, 0.2) is 42.5 Å². The molecule has 0 bridgehead atoms. The number of benzene rings is 2. The molecule has 2 heterocycles. The first-order valence-corrected chi connectivity index (χ1v) is 10.9. The van der Waals surface area contributed by atoms with E-state index in [0.29, 0.717) is 18.7 Å². The van der Waals surface area contributed by atoms with Gasteiger partial charge in [0.2, 0.25) is 5.91 Å². The van der Waals surface area contributed by atoms with Crippen molar-refractivity contribution in [2.75, 3.05) is 51.3 Å². The van der Waals surface area contributed by atoms with Crippen LogP contribution in [0.25, 0.3) is 0 Å². The second-order valence-electron chi connectivity index (χ2n) is 7.99. The van der Waals surface area contributed by atoms with Crippen LogP contribution < -0.4 is 20.3 Å². The number of hydrogen-bond donors (Lipinski definition) is 2. The van der Waals surface area contributed by atoms with Crippen LogP contribution in [-0.4, -0.2) is 63.1 Å². The Hall–Kier alpha value is -3.06. The Morgan fingerprint density at radius 2 is 1.87 bits per heavy atom. The molecule has 2 aromatic carbocycles. The molecule has 7 nitrogen and oxygen atoms in total. The predicted octanol–water partition coefficient (Wildman–Crippen LogP) is 1.81. The monoisotopic (exact) mass is 422 g/mol. The third-order valence-electron chi connectivity index (χ3n) is 6.04. The van der Waals surface area contributed by atoms with Gasteiger partial charge in [0.1, 0.15) is 5.75 Å². The Bertz CT molecular complexity index is 938. The van der Waals surface area contributed by atoms with E-state index < -0.39 is 0 Å². The van der Waals surface area contributed by atoms with Gasteiger partial charge in [-0.05, 0) is 54.8 Å². The fourth-order valence-corrected chi connectivity index (χ4v) is 4.26. The molecule has 7 heteroatoms. The number of fused-ring (bicyclic) bond motifs is 1. The van der Waals surface area contributed by atoms with E-state index in [-0.39, 0.29) is 18.4 Å². The van der Waals surface area contributed by atoms with Crippen LogP contribution in [0, 0.1) is 0 Å². The zero-order valence-corrected chi connectivity index (χ0v) is 18.0. The number of carbonyl (C=O) groups is 2. The standard InChI is InChI=1S/C24H30N4O3/c1-31-22-7-3-2-6-21(22)27-11-13-28(14-12-27)23(29)17-26-24(30)19-9-8-18-5-4-10-25-16-20(18)15-19/h2-3,6-9,15,25H,4-5,10-14,16-17H2,1H3,(H,26,30). The summed E-state index contributed by atoms with van der Waals surface area (Å²) < 4.78 is 5.45. The molecule has 0 unspecified atom stereocenters. The highest BCUT2D eigenvalue weighted by Crippen LogP contribution is 2.28. The molecule has 1 saturated heterocycles. The first-order valence-electron chi connectivity index (χ1n) is 10.9. The topological polar surface area (TPSA) is 73.9 Å². The molecule has 2 aromatic rings. The van der Waals surface area contributed by atoms with Gasteiger partial charge in [0, 0.05) is 38.3 Å². The Balaban J connectivity index is 1.29. The van der Waals surface area contributed by atoms with E-state index >= 15 is 0 Å². The van der Waals surface area contributed by atoms with E-state index in [9.17, 15) is 9.59 Å². The fraction of sp³-hybridized carbons (Fsp3) is 0.417. The first kappa shape index (κ1) is 21.2. The van der Waals surface area contributed by atoms with Gasteiger partial charge in [0.15, 0.2) is 0 Å². The van der Waals surface area contributed by atoms with Crippen LogP contribution in [0.1, 0.15) is 27.9 Å². The maximum atomic E-state index is 12.6. The molecular weight excluding hydrogens is 392 g/mol. The third-order valence-corrected chi connectivity index (χ3v) is 6.04. The number of carbonyl (C=O) groups excluding carboxylic acids is 2. The molecule has 0 saturated carbocycles. The molecule has 31 heavy (non-hydrogen) atoms. The quantitative estimate of drug-likeness (QED) is 0.769. The van der Waals surface area contributed by atoms with E-state index in [1.807, 2.05) is 47.4 Å². The first-order chi connectivity index (χ1) is 15.2. The zero-order valence-electron chi connectivity index (χ0n) is 18.0. The van der Waals surface area contributed by atoms with Gasteiger partial charge in [-0.2, -0.15) is 0 Å². The van der Waals surface area contributed by atoms with Gasteiger partial charge in [-0.3, -0.25) is 9.59 Å². The summed E-state index contributed by atoms with van der Waals surface area (Å²) in [6.07, 6.45) is 2.14. The molecule has 0 aliphatic carbocycles. The lowest BCUT2D eigenvalue weighted by molar-refractivity contribution is -0.130. The van der Waals surface area contributed by atoms with Crippen molar-refractivity contribution in [1.82, 2.24) is 15.5 Å². The summed E-state index contributed by atoms with van der Waals surface area (Å²) in [7, 11) is 1.67. The Kier molecular flexibility index (Phi) is 6.72. The maximum Gasteiger partial charge on any atom is 0.251 e. The van der Waals surface area contributed by atoms with Crippen molar-refractivity contribution >= 4 is 17.5 Å². The minimum Gasteiger partial charge on any atom is -0.495 e.